The van der Waals surface area contributed by atoms with Gasteiger partial charge in [0.1, 0.15) is 12.1 Å². The first-order chi connectivity index (χ1) is 13.4. The fraction of sp³-hybridized carbons (Fsp3) is 0.316. The third kappa shape index (κ3) is 3.84. The summed E-state index contributed by atoms with van der Waals surface area (Å²) in [5.74, 6) is -0.0132. The Bertz CT molecular complexity index is 896. The minimum absolute atomic E-state index is 0.0132. The van der Waals surface area contributed by atoms with Gasteiger partial charge in [0.15, 0.2) is 0 Å². The maximum atomic E-state index is 10.9. The van der Waals surface area contributed by atoms with E-state index in [1.54, 1.807) is 24.3 Å². The van der Waals surface area contributed by atoms with Crippen LogP contribution >= 0.6 is 0 Å². The summed E-state index contributed by atoms with van der Waals surface area (Å²) in [7, 11) is 0. The molecule has 146 valence electrons. The fourth-order valence-corrected chi connectivity index (χ4v) is 3.87. The van der Waals surface area contributed by atoms with Gasteiger partial charge in [-0.25, -0.2) is 0 Å². The van der Waals surface area contributed by atoms with Crippen LogP contribution in [0.3, 0.4) is 0 Å². The molecule has 1 aliphatic rings. The molecule has 2 aromatic carbocycles. The summed E-state index contributed by atoms with van der Waals surface area (Å²) in [6.07, 6.45) is 1.28. The van der Waals surface area contributed by atoms with Crippen LogP contribution in [0.1, 0.15) is 43.0 Å². The summed E-state index contributed by atoms with van der Waals surface area (Å²) in [6.45, 7) is 2.01. The SMILES string of the molecule is CC[C@@H]1/C(=N/O)C[C@@H](c2ccc([N+](=O)[O-])cc2)[NH2+][C@H]1c1ccc([N+](=O)[O-])cc1. The van der Waals surface area contributed by atoms with E-state index in [1.807, 2.05) is 6.92 Å². The molecule has 0 saturated carbocycles. The van der Waals surface area contributed by atoms with Gasteiger partial charge in [-0.15, -0.1) is 0 Å². The first kappa shape index (κ1) is 19.4. The molecule has 0 radical (unpaired) electrons. The van der Waals surface area contributed by atoms with Crippen molar-refractivity contribution in [3.8, 4) is 0 Å². The summed E-state index contributed by atoms with van der Waals surface area (Å²) < 4.78 is 0. The number of hydrogen-bond donors (Lipinski definition) is 2. The lowest BCUT2D eigenvalue weighted by Crippen LogP contribution is -2.90. The number of piperidine rings is 1. The van der Waals surface area contributed by atoms with Gasteiger partial charge in [0, 0.05) is 41.8 Å². The van der Waals surface area contributed by atoms with Crippen molar-refractivity contribution in [2.24, 2.45) is 11.1 Å². The van der Waals surface area contributed by atoms with Gasteiger partial charge in [-0.05, 0) is 30.7 Å². The molecule has 0 unspecified atom stereocenters. The normalized spacial score (nSPS) is 23.5. The molecule has 0 aromatic heterocycles. The average molecular weight is 385 g/mol. The minimum atomic E-state index is -0.443. The van der Waals surface area contributed by atoms with Crippen LogP contribution in [-0.2, 0) is 0 Å². The summed E-state index contributed by atoms with van der Waals surface area (Å²) in [5, 5.41) is 37.0. The molecule has 1 fully saturated rings. The van der Waals surface area contributed by atoms with Crippen LogP contribution in [-0.4, -0.2) is 20.8 Å². The topological polar surface area (TPSA) is 135 Å². The molecule has 9 heteroatoms. The summed E-state index contributed by atoms with van der Waals surface area (Å²) in [4.78, 5) is 20.9. The largest absolute Gasteiger partial charge is 0.411 e. The molecule has 9 nitrogen and oxygen atoms in total. The molecule has 0 aliphatic carbocycles. The van der Waals surface area contributed by atoms with Crippen LogP contribution < -0.4 is 5.32 Å². The predicted octanol–water partition coefficient (Wildman–Crippen LogP) is 3.11. The second kappa shape index (κ2) is 8.13. The van der Waals surface area contributed by atoms with Crippen molar-refractivity contribution >= 4 is 17.1 Å². The predicted molar refractivity (Wildman–Crippen MR) is 101 cm³/mol. The molecule has 0 bridgehead atoms. The molecular formula is C19H21N4O5+. The van der Waals surface area contributed by atoms with Crippen LogP contribution in [0.2, 0.25) is 0 Å². The summed E-state index contributed by atoms with van der Waals surface area (Å²) in [6, 6.07) is 12.6. The van der Waals surface area contributed by atoms with Gasteiger partial charge in [0.05, 0.1) is 21.5 Å². The van der Waals surface area contributed by atoms with E-state index in [2.05, 4.69) is 10.5 Å². The Morgan fingerprint density at radius 2 is 1.50 bits per heavy atom. The Labute approximate surface area is 161 Å². The highest BCUT2D eigenvalue weighted by atomic mass is 16.6. The zero-order valence-electron chi connectivity index (χ0n) is 15.3. The fourth-order valence-electron chi connectivity index (χ4n) is 3.87. The molecule has 1 heterocycles. The highest BCUT2D eigenvalue weighted by molar-refractivity contribution is 5.88. The highest BCUT2D eigenvalue weighted by Gasteiger charge is 2.39. The maximum Gasteiger partial charge on any atom is 0.269 e. The Morgan fingerprint density at radius 3 is 1.93 bits per heavy atom. The van der Waals surface area contributed by atoms with E-state index in [0.717, 1.165) is 17.5 Å². The van der Waals surface area contributed by atoms with E-state index in [1.165, 1.54) is 24.3 Å². The van der Waals surface area contributed by atoms with Crippen molar-refractivity contribution in [3.05, 3.63) is 79.9 Å². The molecule has 3 N–H and O–H groups in total. The van der Waals surface area contributed by atoms with E-state index in [4.69, 9.17) is 0 Å². The van der Waals surface area contributed by atoms with E-state index < -0.39 is 9.85 Å². The number of benzene rings is 2. The number of nitro benzene ring substituents is 2. The van der Waals surface area contributed by atoms with Gasteiger partial charge in [0.25, 0.3) is 11.4 Å². The van der Waals surface area contributed by atoms with Crippen molar-refractivity contribution in [3.63, 3.8) is 0 Å². The second-order valence-corrected chi connectivity index (χ2v) is 6.83. The zero-order valence-corrected chi connectivity index (χ0v) is 15.3. The van der Waals surface area contributed by atoms with Crippen LogP contribution in [0.25, 0.3) is 0 Å². The number of hydrogen-bond acceptors (Lipinski definition) is 6. The Hall–Kier alpha value is -3.33. The first-order valence-corrected chi connectivity index (χ1v) is 8.99. The first-order valence-electron chi connectivity index (χ1n) is 8.99. The van der Waals surface area contributed by atoms with E-state index in [9.17, 15) is 25.4 Å². The van der Waals surface area contributed by atoms with Gasteiger partial charge < -0.3 is 10.5 Å². The van der Waals surface area contributed by atoms with E-state index in [-0.39, 0.29) is 29.4 Å². The third-order valence-electron chi connectivity index (χ3n) is 5.32. The van der Waals surface area contributed by atoms with Gasteiger partial charge >= 0.3 is 0 Å². The van der Waals surface area contributed by atoms with Gasteiger partial charge in [-0.1, -0.05) is 12.1 Å². The van der Waals surface area contributed by atoms with E-state index in [0.29, 0.717) is 12.1 Å². The molecule has 0 amide bonds. The van der Waals surface area contributed by atoms with Crippen molar-refractivity contribution in [1.29, 1.82) is 0 Å². The van der Waals surface area contributed by atoms with E-state index >= 15 is 0 Å². The minimum Gasteiger partial charge on any atom is -0.411 e. The van der Waals surface area contributed by atoms with Crippen molar-refractivity contribution in [2.75, 3.05) is 0 Å². The lowest BCUT2D eigenvalue weighted by atomic mass is 9.79. The van der Waals surface area contributed by atoms with Crippen molar-refractivity contribution in [2.45, 2.75) is 31.8 Å². The lowest BCUT2D eigenvalue weighted by Gasteiger charge is -2.35. The molecule has 3 atom stereocenters. The molecule has 3 rings (SSSR count). The maximum absolute atomic E-state index is 10.9. The number of nitro groups is 2. The number of oxime groups is 1. The molecule has 0 spiro atoms. The molecule has 1 aliphatic heterocycles. The third-order valence-corrected chi connectivity index (χ3v) is 5.32. The van der Waals surface area contributed by atoms with Crippen LogP contribution in [0.15, 0.2) is 53.7 Å². The standard InChI is InChI=1S/C19H20N4O5/c1-2-16-18(21-24)11-17(12-3-7-14(8-4-12)22(25)26)20-19(16)13-5-9-15(10-6-13)23(27)28/h3-10,16-17,19-20,24H,2,11H2,1H3/p+1/b21-18+/t16-,17+,19+/m1/s1. The highest BCUT2D eigenvalue weighted by Crippen LogP contribution is 2.32. The Kier molecular flexibility index (Phi) is 5.65. The summed E-state index contributed by atoms with van der Waals surface area (Å²) in [5.41, 5.74) is 2.51. The Balaban J connectivity index is 1.93. The quantitative estimate of drug-likeness (QED) is 0.463. The number of nitrogens with two attached hydrogens (primary N) is 1. The van der Waals surface area contributed by atoms with Crippen molar-refractivity contribution < 1.29 is 20.4 Å². The van der Waals surface area contributed by atoms with Gasteiger partial charge in [-0.2, -0.15) is 0 Å². The van der Waals surface area contributed by atoms with Gasteiger partial charge in [0.2, 0.25) is 0 Å². The van der Waals surface area contributed by atoms with Crippen LogP contribution in [0.5, 0.6) is 0 Å². The van der Waals surface area contributed by atoms with Crippen molar-refractivity contribution in [1.82, 2.24) is 0 Å². The number of quaternary nitrogens is 1. The van der Waals surface area contributed by atoms with Crippen LogP contribution in [0.4, 0.5) is 11.4 Å². The number of non-ortho nitro benzene ring substituents is 2. The zero-order chi connectivity index (χ0) is 20.3. The van der Waals surface area contributed by atoms with Gasteiger partial charge in [-0.3, -0.25) is 20.2 Å². The average Bonchev–Trinajstić information content (AvgIpc) is 2.72. The number of nitrogens with zero attached hydrogens (tertiary/aromatic N) is 3. The van der Waals surface area contributed by atoms with Crippen LogP contribution in [0, 0.1) is 26.1 Å². The monoisotopic (exact) mass is 385 g/mol. The Morgan fingerprint density at radius 1 is 1.00 bits per heavy atom. The molecule has 28 heavy (non-hydrogen) atoms. The molecular weight excluding hydrogens is 364 g/mol. The number of rotatable bonds is 5. The summed E-state index contributed by atoms with van der Waals surface area (Å²) >= 11 is 0. The second-order valence-electron chi connectivity index (χ2n) is 6.83. The lowest BCUT2D eigenvalue weighted by molar-refractivity contribution is -0.742. The smallest absolute Gasteiger partial charge is 0.269 e. The molecule has 1 saturated heterocycles. The molecule has 2 aromatic rings.